The lowest BCUT2D eigenvalue weighted by Gasteiger charge is -2.06. The quantitative estimate of drug-likeness (QED) is 0.0394. The van der Waals surface area contributed by atoms with Crippen LogP contribution in [0.4, 0.5) is 4.79 Å². The number of hydrogen-bond donors (Lipinski definition) is 0. The summed E-state index contributed by atoms with van der Waals surface area (Å²) in [6, 6.07) is 0. The summed E-state index contributed by atoms with van der Waals surface area (Å²) in [5.74, 6) is 0. The van der Waals surface area contributed by atoms with Gasteiger partial charge in [-0.15, -0.1) is 0 Å². The topological polar surface area (TPSA) is 35.5 Å². The highest BCUT2D eigenvalue weighted by Gasteiger charge is 2.03. The molecule has 0 bridgehead atoms. The van der Waals surface area contributed by atoms with Gasteiger partial charge in [0.15, 0.2) is 0 Å². The van der Waals surface area contributed by atoms with E-state index in [1.54, 1.807) is 0 Å². The van der Waals surface area contributed by atoms with Crippen molar-refractivity contribution in [3.05, 3.63) is 12.2 Å². The number of unbranched alkanes of at least 4 members (excludes halogenated alkanes) is 31. The molecule has 0 radical (unpaired) electrons. The van der Waals surface area contributed by atoms with Crippen molar-refractivity contribution in [2.24, 2.45) is 0 Å². The molecular formula is C41H80O3. The highest BCUT2D eigenvalue weighted by molar-refractivity contribution is 5.59. The van der Waals surface area contributed by atoms with Crippen LogP contribution in [0, 0.1) is 0 Å². The van der Waals surface area contributed by atoms with Crippen LogP contribution in [0.25, 0.3) is 0 Å². The molecule has 0 rings (SSSR count). The zero-order valence-corrected chi connectivity index (χ0v) is 30.3. The van der Waals surface area contributed by atoms with Gasteiger partial charge < -0.3 is 9.47 Å². The number of hydrogen-bond acceptors (Lipinski definition) is 3. The average molecular weight is 621 g/mol. The molecule has 0 aliphatic heterocycles. The fraction of sp³-hybridized carbons (Fsp3) is 0.927. The lowest BCUT2D eigenvalue weighted by atomic mass is 10.0. The van der Waals surface area contributed by atoms with Gasteiger partial charge in [-0.25, -0.2) is 4.79 Å². The van der Waals surface area contributed by atoms with Gasteiger partial charge in [-0.1, -0.05) is 206 Å². The highest BCUT2D eigenvalue weighted by atomic mass is 16.7. The van der Waals surface area contributed by atoms with Gasteiger partial charge in [0.05, 0.1) is 13.2 Å². The van der Waals surface area contributed by atoms with Gasteiger partial charge in [0.1, 0.15) is 0 Å². The third kappa shape index (κ3) is 39.0. The Hall–Kier alpha value is -0.990. The van der Waals surface area contributed by atoms with Gasteiger partial charge >= 0.3 is 6.16 Å². The predicted octanol–water partition coefficient (Wildman–Crippen LogP) is 15.0. The summed E-state index contributed by atoms with van der Waals surface area (Å²) in [7, 11) is 0. The van der Waals surface area contributed by atoms with Gasteiger partial charge in [-0.3, -0.25) is 0 Å². The molecule has 0 aromatic rings. The molecule has 0 N–H and O–H groups in total. The van der Waals surface area contributed by atoms with E-state index in [1.807, 2.05) is 0 Å². The van der Waals surface area contributed by atoms with Crippen molar-refractivity contribution in [1.82, 2.24) is 0 Å². The van der Waals surface area contributed by atoms with E-state index in [1.165, 1.54) is 193 Å². The van der Waals surface area contributed by atoms with Crippen LogP contribution in [-0.2, 0) is 9.47 Å². The summed E-state index contributed by atoms with van der Waals surface area (Å²) in [5, 5.41) is 0. The Morgan fingerprint density at radius 1 is 0.341 bits per heavy atom. The van der Waals surface area contributed by atoms with Gasteiger partial charge in [0.2, 0.25) is 0 Å². The molecule has 262 valence electrons. The maximum absolute atomic E-state index is 11.8. The lowest BCUT2D eigenvalue weighted by molar-refractivity contribution is 0.0529. The number of ether oxygens (including phenoxy) is 2. The fourth-order valence-electron chi connectivity index (χ4n) is 6.06. The van der Waals surface area contributed by atoms with Crippen molar-refractivity contribution in [3.63, 3.8) is 0 Å². The number of carbonyl (C=O) groups is 1. The number of rotatable bonds is 37. The van der Waals surface area contributed by atoms with Crippen LogP contribution in [0.1, 0.15) is 232 Å². The molecule has 0 aromatic heterocycles. The molecule has 0 heterocycles. The third-order valence-electron chi connectivity index (χ3n) is 9.09. The zero-order valence-electron chi connectivity index (χ0n) is 30.3. The SMILES string of the molecule is CCCCCCCCCC/C=C\CCCCCCCCOC(=O)OCCCCCCCCCCCCCCCCCCCC. The fourth-order valence-corrected chi connectivity index (χ4v) is 6.06. The number of allylic oxidation sites excluding steroid dienone is 2. The average Bonchev–Trinajstić information content (AvgIpc) is 3.03. The molecule has 0 fully saturated rings. The minimum atomic E-state index is -0.476. The smallest absolute Gasteiger partial charge is 0.434 e. The lowest BCUT2D eigenvalue weighted by Crippen LogP contribution is -2.09. The Morgan fingerprint density at radius 2 is 0.568 bits per heavy atom. The van der Waals surface area contributed by atoms with Crippen LogP contribution >= 0.6 is 0 Å². The van der Waals surface area contributed by atoms with Crippen LogP contribution in [0.5, 0.6) is 0 Å². The maximum Gasteiger partial charge on any atom is 0.508 e. The Morgan fingerprint density at radius 3 is 0.841 bits per heavy atom. The van der Waals surface area contributed by atoms with E-state index in [-0.39, 0.29) is 0 Å². The summed E-state index contributed by atoms with van der Waals surface area (Å²) >= 11 is 0. The van der Waals surface area contributed by atoms with Gasteiger partial charge in [-0.2, -0.15) is 0 Å². The first-order valence-electron chi connectivity index (χ1n) is 20.3. The van der Waals surface area contributed by atoms with E-state index < -0.39 is 6.16 Å². The molecule has 44 heavy (non-hydrogen) atoms. The van der Waals surface area contributed by atoms with Crippen LogP contribution in [0.3, 0.4) is 0 Å². The minimum Gasteiger partial charge on any atom is -0.434 e. The third-order valence-corrected chi connectivity index (χ3v) is 9.09. The maximum atomic E-state index is 11.8. The molecule has 0 aromatic carbocycles. The molecule has 0 unspecified atom stereocenters. The Bertz CT molecular complexity index is 558. The molecule has 0 saturated heterocycles. The van der Waals surface area contributed by atoms with Crippen molar-refractivity contribution < 1.29 is 14.3 Å². The van der Waals surface area contributed by atoms with Gasteiger partial charge in [-0.05, 0) is 38.5 Å². The molecule has 3 heteroatoms. The van der Waals surface area contributed by atoms with Crippen molar-refractivity contribution in [1.29, 1.82) is 0 Å². The predicted molar refractivity (Wildman–Crippen MR) is 195 cm³/mol. The van der Waals surface area contributed by atoms with Crippen molar-refractivity contribution in [2.45, 2.75) is 232 Å². The Labute approximate surface area is 277 Å². The standard InChI is InChI=1S/C41H80O3/c1-3-5-7-9-11-13-15-17-19-21-23-25-27-29-31-33-35-37-39-43-41(42)44-40-38-36-34-32-30-28-26-24-22-20-18-16-14-12-10-8-6-4-2/h21,23H,3-20,22,24-40H2,1-2H3/b23-21-. The van der Waals surface area contributed by atoms with Gasteiger partial charge in [0.25, 0.3) is 0 Å². The highest BCUT2D eigenvalue weighted by Crippen LogP contribution is 2.15. The van der Waals surface area contributed by atoms with E-state index >= 15 is 0 Å². The van der Waals surface area contributed by atoms with Gasteiger partial charge in [0, 0.05) is 0 Å². The van der Waals surface area contributed by atoms with Crippen molar-refractivity contribution in [2.75, 3.05) is 13.2 Å². The van der Waals surface area contributed by atoms with Crippen molar-refractivity contribution >= 4 is 6.16 Å². The zero-order chi connectivity index (χ0) is 31.9. The summed E-state index contributed by atoms with van der Waals surface area (Å²) in [4.78, 5) is 11.8. The normalized spacial score (nSPS) is 11.5. The summed E-state index contributed by atoms with van der Waals surface area (Å²) in [6.07, 6.45) is 49.9. The van der Waals surface area contributed by atoms with E-state index in [0.29, 0.717) is 13.2 Å². The first-order chi connectivity index (χ1) is 21.8. The molecule has 0 atom stereocenters. The van der Waals surface area contributed by atoms with Crippen LogP contribution in [0.15, 0.2) is 12.2 Å². The van der Waals surface area contributed by atoms with Crippen LogP contribution < -0.4 is 0 Å². The summed E-state index contributed by atoms with van der Waals surface area (Å²) in [6.45, 7) is 5.58. The first-order valence-corrected chi connectivity index (χ1v) is 20.3. The molecule has 0 aliphatic carbocycles. The molecule has 3 nitrogen and oxygen atoms in total. The van der Waals surface area contributed by atoms with Crippen molar-refractivity contribution in [3.8, 4) is 0 Å². The molecule has 0 saturated carbocycles. The van der Waals surface area contributed by atoms with E-state index in [2.05, 4.69) is 26.0 Å². The monoisotopic (exact) mass is 621 g/mol. The number of carbonyl (C=O) groups excluding carboxylic acids is 1. The van der Waals surface area contributed by atoms with Crippen LogP contribution in [-0.4, -0.2) is 19.4 Å². The van der Waals surface area contributed by atoms with Crippen LogP contribution in [0.2, 0.25) is 0 Å². The van der Waals surface area contributed by atoms with E-state index in [9.17, 15) is 4.79 Å². The minimum absolute atomic E-state index is 0.476. The second-order valence-electron chi connectivity index (χ2n) is 13.6. The summed E-state index contributed by atoms with van der Waals surface area (Å²) in [5.41, 5.74) is 0. The Kier molecular flexibility index (Phi) is 39.1. The Balaban J connectivity index is 3.18. The largest absolute Gasteiger partial charge is 0.508 e. The molecule has 0 aliphatic rings. The van der Waals surface area contributed by atoms with E-state index in [0.717, 1.165) is 25.7 Å². The van der Waals surface area contributed by atoms with E-state index in [4.69, 9.17) is 9.47 Å². The molecular weight excluding hydrogens is 540 g/mol. The molecule has 0 spiro atoms. The molecule has 0 amide bonds. The second kappa shape index (κ2) is 40.0. The first kappa shape index (κ1) is 43.0. The summed E-state index contributed by atoms with van der Waals surface area (Å²) < 4.78 is 10.5. The second-order valence-corrected chi connectivity index (χ2v) is 13.6.